The predicted molar refractivity (Wildman–Crippen MR) is 141 cm³/mol. The van der Waals surface area contributed by atoms with Crippen LogP contribution in [-0.4, -0.2) is 52.3 Å². The Hall–Kier alpha value is -4.70. The monoisotopic (exact) mass is 538 g/mol. The van der Waals surface area contributed by atoms with Crippen molar-refractivity contribution in [2.75, 3.05) is 28.4 Å². The first-order valence-corrected chi connectivity index (χ1v) is 11.8. The average molecular weight is 539 g/mol. The first kappa shape index (κ1) is 34.3. The molecule has 0 heterocycles. The lowest BCUT2D eigenvalue weighted by atomic mass is 9.82. The van der Waals surface area contributed by atoms with Crippen molar-refractivity contribution in [1.29, 1.82) is 10.5 Å². The molecule has 0 bridgehead atoms. The van der Waals surface area contributed by atoms with Gasteiger partial charge in [-0.05, 0) is 43.5 Å². The Morgan fingerprint density at radius 3 is 1.46 bits per heavy atom. The summed E-state index contributed by atoms with van der Waals surface area (Å²) in [5.74, 6) is -3.35. The minimum absolute atomic E-state index is 0.0517. The van der Waals surface area contributed by atoms with Gasteiger partial charge in [0.15, 0.2) is 11.3 Å². The molecule has 2 aromatic rings. The summed E-state index contributed by atoms with van der Waals surface area (Å²) >= 11 is 0. The summed E-state index contributed by atoms with van der Waals surface area (Å²) in [5, 5.41) is 17.6. The number of esters is 4. The van der Waals surface area contributed by atoms with Crippen molar-refractivity contribution in [2.24, 2.45) is 11.3 Å². The molecular weight excluding hydrogens is 504 g/mol. The number of ether oxygens (including phenoxy) is 4. The highest BCUT2D eigenvalue weighted by molar-refractivity contribution is 5.99. The number of benzene rings is 2. The van der Waals surface area contributed by atoms with Crippen LogP contribution in [0.4, 0.5) is 0 Å². The number of nitriles is 2. The van der Waals surface area contributed by atoms with Crippen molar-refractivity contribution in [3.05, 3.63) is 70.8 Å². The van der Waals surface area contributed by atoms with Gasteiger partial charge in [0.25, 0.3) is 0 Å². The highest BCUT2D eigenvalue weighted by Crippen LogP contribution is 2.27. The highest BCUT2D eigenvalue weighted by Gasteiger charge is 2.44. The minimum Gasteiger partial charge on any atom is -0.468 e. The summed E-state index contributed by atoms with van der Waals surface area (Å²) in [6.07, 6.45) is 0.986. The first-order valence-electron chi connectivity index (χ1n) is 11.8. The Labute approximate surface area is 229 Å². The summed E-state index contributed by atoms with van der Waals surface area (Å²) in [4.78, 5) is 44.8. The SMILES string of the molecule is CCc1ccccc1C#N.COC(=O)C(C)(Cc1ccccc1C#N)C(=O)OC.COC(=O)C(C)C(=O)OC. The highest BCUT2D eigenvalue weighted by atomic mass is 16.6. The number of carbonyl (C=O) groups excluding carboxylic acids is 4. The van der Waals surface area contributed by atoms with Crippen molar-refractivity contribution in [1.82, 2.24) is 0 Å². The van der Waals surface area contributed by atoms with E-state index in [4.69, 9.17) is 10.5 Å². The molecule has 0 unspecified atom stereocenters. The van der Waals surface area contributed by atoms with E-state index < -0.39 is 35.2 Å². The molecule has 0 fully saturated rings. The molecule has 0 spiro atoms. The second kappa shape index (κ2) is 17.7. The fourth-order valence-corrected chi connectivity index (χ4v) is 3.23. The maximum Gasteiger partial charge on any atom is 0.323 e. The van der Waals surface area contributed by atoms with Gasteiger partial charge in [-0.15, -0.1) is 0 Å². The van der Waals surface area contributed by atoms with Gasteiger partial charge in [-0.3, -0.25) is 19.2 Å². The van der Waals surface area contributed by atoms with Gasteiger partial charge in [0.1, 0.15) is 0 Å². The van der Waals surface area contributed by atoms with E-state index in [2.05, 4.69) is 31.9 Å². The van der Waals surface area contributed by atoms with Crippen LogP contribution in [0.25, 0.3) is 0 Å². The molecule has 0 aliphatic heterocycles. The Morgan fingerprint density at radius 2 is 1.13 bits per heavy atom. The largest absolute Gasteiger partial charge is 0.468 e. The van der Waals surface area contributed by atoms with Gasteiger partial charge in [-0.2, -0.15) is 10.5 Å². The van der Waals surface area contributed by atoms with Gasteiger partial charge < -0.3 is 18.9 Å². The summed E-state index contributed by atoms with van der Waals surface area (Å²) in [5.41, 5.74) is 1.48. The molecule has 0 atom stereocenters. The lowest BCUT2D eigenvalue weighted by molar-refractivity contribution is -0.167. The van der Waals surface area contributed by atoms with Crippen LogP contribution >= 0.6 is 0 Å². The van der Waals surface area contributed by atoms with Crippen molar-refractivity contribution in [3.8, 4) is 12.1 Å². The van der Waals surface area contributed by atoms with E-state index in [1.165, 1.54) is 42.3 Å². The lowest BCUT2D eigenvalue weighted by Gasteiger charge is -2.24. The fraction of sp³-hybridized carbons (Fsp3) is 0.379. The van der Waals surface area contributed by atoms with Crippen molar-refractivity contribution in [2.45, 2.75) is 33.6 Å². The summed E-state index contributed by atoms with van der Waals surface area (Å²) in [6, 6.07) is 18.6. The zero-order valence-corrected chi connectivity index (χ0v) is 23.3. The number of methoxy groups -OCH3 is 4. The Balaban J connectivity index is 0.000000610. The minimum atomic E-state index is -1.46. The molecule has 2 aromatic carbocycles. The van der Waals surface area contributed by atoms with Gasteiger partial charge >= 0.3 is 23.9 Å². The Kier molecular flexibility index (Phi) is 15.6. The molecule has 2 rings (SSSR count). The quantitative estimate of drug-likeness (QED) is 0.290. The Morgan fingerprint density at radius 1 is 0.744 bits per heavy atom. The number of aryl methyl sites for hydroxylation is 1. The van der Waals surface area contributed by atoms with Crippen LogP contribution in [0.1, 0.15) is 43.0 Å². The number of carbonyl (C=O) groups is 4. The molecule has 0 saturated heterocycles. The average Bonchev–Trinajstić information content (AvgIpc) is 2.99. The second-order valence-corrected chi connectivity index (χ2v) is 8.15. The second-order valence-electron chi connectivity index (χ2n) is 8.15. The topological polar surface area (TPSA) is 153 Å². The van der Waals surface area contributed by atoms with Crippen LogP contribution in [-0.2, 0) is 51.0 Å². The van der Waals surface area contributed by atoms with Crippen LogP contribution in [0.3, 0.4) is 0 Å². The summed E-state index contributed by atoms with van der Waals surface area (Å²) in [7, 11) is 4.86. The molecule has 39 heavy (non-hydrogen) atoms. The summed E-state index contributed by atoms with van der Waals surface area (Å²) in [6.45, 7) is 4.92. The maximum atomic E-state index is 11.8. The normalized spacial score (nSPS) is 9.69. The van der Waals surface area contributed by atoms with E-state index in [0.717, 1.165) is 17.5 Å². The van der Waals surface area contributed by atoms with E-state index in [0.29, 0.717) is 11.1 Å². The third kappa shape index (κ3) is 10.3. The number of nitrogens with zero attached hydrogens (tertiary/aromatic N) is 2. The van der Waals surface area contributed by atoms with E-state index in [-0.39, 0.29) is 6.42 Å². The molecule has 0 amide bonds. The molecule has 0 N–H and O–H groups in total. The standard InChI is InChI=1S/C14H15NO4.C9H9N.C6H10O4/c1-14(12(16)18-2,13(17)19-3)8-10-6-4-5-7-11(10)9-15;1-2-8-5-3-4-6-9(8)7-10;1-4(5(7)9-2)6(8)10-3/h4-7H,8H2,1-3H3;3-6H,2H2,1H3;4H,1-3H3. The van der Waals surface area contributed by atoms with Gasteiger partial charge in [0.05, 0.1) is 51.7 Å². The van der Waals surface area contributed by atoms with Gasteiger partial charge in [0, 0.05) is 6.42 Å². The molecule has 0 aliphatic carbocycles. The van der Waals surface area contributed by atoms with Crippen LogP contribution in [0.5, 0.6) is 0 Å². The molecule has 10 nitrogen and oxygen atoms in total. The number of hydrogen-bond acceptors (Lipinski definition) is 10. The zero-order chi connectivity index (χ0) is 30.0. The van der Waals surface area contributed by atoms with E-state index in [1.54, 1.807) is 24.3 Å². The van der Waals surface area contributed by atoms with Crippen molar-refractivity contribution >= 4 is 23.9 Å². The van der Waals surface area contributed by atoms with Crippen LogP contribution in [0.2, 0.25) is 0 Å². The van der Waals surface area contributed by atoms with Gasteiger partial charge in [-0.25, -0.2) is 0 Å². The molecule has 0 saturated carbocycles. The third-order valence-corrected chi connectivity index (χ3v) is 5.58. The van der Waals surface area contributed by atoms with Crippen LogP contribution < -0.4 is 0 Å². The maximum absolute atomic E-state index is 11.8. The molecule has 0 aliphatic rings. The van der Waals surface area contributed by atoms with Crippen molar-refractivity contribution in [3.63, 3.8) is 0 Å². The first-order chi connectivity index (χ1) is 18.5. The molecule has 10 heteroatoms. The number of rotatable bonds is 7. The van der Waals surface area contributed by atoms with Gasteiger partial charge in [0.2, 0.25) is 0 Å². The smallest absolute Gasteiger partial charge is 0.323 e. The van der Waals surface area contributed by atoms with E-state index in [1.807, 2.05) is 30.3 Å². The van der Waals surface area contributed by atoms with Crippen LogP contribution in [0, 0.1) is 34.0 Å². The molecule has 0 radical (unpaired) electrons. The van der Waals surface area contributed by atoms with E-state index in [9.17, 15) is 19.2 Å². The molecular formula is C29H34N2O8. The Bertz CT molecular complexity index is 1180. The van der Waals surface area contributed by atoms with E-state index >= 15 is 0 Å². The number of hydrogen-bond donors (Lipinski definition) is 0. The molecule has 0 aromatic heterocycles. The van der Waals surface area contributed by atoms with Gasteiger partial charge in [-0.1, -0.05) is 43.3 Å². The third-order valence-electron chi connectivity index (χ3n) is 5.58. The predicted octanol–water partition coefficient (Wildman–Crippen LogP) is 3.54. The fourth-order valence-electron chi connectivity index (χ4n) is 3.23. The lowest BCUT2D eigenvalue weighted by Crippen LogP contribution is -2.40. The van der Waals surface area contributed by atoms with Crippen molar-refractivity contribution < 1.29 is 38.1 Å². The summed E-state index contributed by atoms with van der Waals surface area (Å²) < 4.78 is 17.9. The van der Waals surface area contributed by atoms with Crippen LogP contribution in [0.15, 0.2) is 48.5 Å². The zero-order valence-electron chi connectivity index (χ0n) is 23.3. The molecule has 208 valence electrons.